The highest BCUT2D eigenvalue weighted by Crippen LogP contribution is 2.00. The third-order valence-electron chi connectivity index (χ3n) is 2.38. The topological polar surface area (TPSA) is 48.3 Å². The van der Waals surface area contributed by atoms with E-state index in [0.717, 1.165) is 12.1 Å². The van der Waals surface area contributed by atoms with Crippen molar-refractivity contribution in [3.8, 4) is 0 Å². The van der Waals surface area contributed by atoms with Gasteiger partial charge in [-0.25, -0.2) is 0 Å². The lowest BCUT2D eigenvalue weighted by atomic mass is 10.2. The van der Waals surface area contributed by atoms with Gasteiger partial charge in [0.2, 0.25) is 0 Å². The smallest absolute Gasteiger partial charge is 0.0701 e. The highest BCUT2D eigenvalue weighted by molar-refractivity contribution is 5.01. The molecule has 1 rings (SSSR count). The van der Waals surface area contributed by atoms with Crippen molar-refractivity contribution in [3.05, 3.63) is 18.0 Å². The third kappa shape index (κ3) is 4.74. The van der Waals surface area contributed by atoms with Crippen LogP contribution < -0.4 is 5.32 Å². The van der Waals surface area contributed by atoms with E-state index in [1.807, 2.05) is 31.0 Å². The molecule has 1 aromatic heterocycles. The minimum atomic E-state index is 0.298. The molecular formula is C11H21N3O2. The van der Waals surface area contributed by atoms with Crippen molar-refractivity contribution in [1.82, 2.24) is 15.1 Å². The van der Waals surface area contributed by atoms with Crippen molar-refractivity contribution in [3.63, 3.8) is 0 Å². The van der Waals surface area contributed by atoms with Crippen molar-refractivity contribution < 1.29 is 9.47 Å². The van der Waals surface area contributed by atoms with Crippen molar-refractivity contribution in [2.24, 2.45) is 7.05 Å². The van der Waals surface area contributed by atoms with Gasteiger partial charge in [0.25, 0.3) is 0 Å². The highest BCUT2D eigenvalue weighted by atomic mass is 16.5. The molecule has 0 bridgehead atoms. The number of hydrogen-bond acceptors (Lipinski definition) is 4. The van der Waals surface area contributed by atoms with E-state index in [0.29, 0.717) is 25.9 Å². The fourth-order valence-corrected chi connectivity index (χ4v) is 1.44. The van der Waals surface area contributed by atoms with E-state index in [1.54, 1.807) is 7.11 Å². The van der Waals surface area contributed by atoms with Gasteiger partial charge in [-0.05, 0) is 13.1 Å². The lowest BCUT2D eigenvalue weighted by Gasteiger charge is -2.14. The molecule has 1 N–H and O–H groups in total. The molecule has 1 unspecified atom stereocenters. The largest absolute Gasteiger partial charge is 0.382 e. The standard InChI is InChI=1S/C11H21N3O2/c1-12-11(9-16-7-6-15-3)8-10-4-5-14(2)13-10/h4-5,11-12H,6-9H2,1-3H3. The lowest BCUT2D eigenvalue weighted by molar-refractivity contribution is 0.0596. The molecule has 92 valence electrons. The van der Waals surface area contributed by atoms with Crippen molar-refractivity contribution >= 4 is 0 Å². The first kappa shape index (κ1) is 13.2. The van der Waals surface area contributed by atoms with Gasteiger partial charge in [-0.1, -0.05) is 0 Å². The van der Waals surface area contributed by atoms with Crippen molar-refractivity contribution in [2.75, 3.05) is 34.0 Å². The highest BCUT2D eigenvalue weighted by Gasteiger charge is 2.09. The number of nitrogens with zero attached hydrogens (tertiary/aromatic N) is 2. The predicted octanol–water partition coefficient (Wildman–Crippen LogP) is 0.214. The van der Waals surface area contributed by atoms with Gasteiger partial charge in [0.1, 0.15) is 0 Å². The van der Waals surface area contributed by atoms with Crippen LogP contribution in [0.15, 0.2) is 12.3 Å². The molecule has 1 atom stereocenters. The van der Waals surface area contributed by atoms with Gasteiger partial charge in [-0.2, -0.15) is 5.10 Å². The SMILES string of the molecule is CNC(COCCOC)Cc1ccn(C)n1. The second kappa shape index (κ2) is 7.38. The number of hydrogen-bond donors (Lipinski definition) is 1. The van der Waals surface area contributed by atoms with E-state index >= 15 is 0 Å². The minimum Gasteiger partial charge on any atom is -0.382 e. The normalized spacial score (nSPS) is 12.9. The Morgan fingerprint density at radius 3 is 2.88 bits per heavy atom. The average Bonchev–Trinajstić information content (AvgIpc) is 2.68. The van der Waals surface area contributed by atoms with Gasteiger partial charge in [0, 0.05) is 32.8 Å². The molecule has 0 aromatic carbocycles. The Labute approximate surface area is 96.7 Å². The maximum atomic E-state index is 5.48. The Bertz CT molecular complexity index is 289. The van der Waals surface area contributed by atoms with Crippen molar-refractivity contribution in [2.45, 2.75) is 12.5 Å². The maximum Gasteiger partial charge on any atom is 0.0701 e. The van der Waals surface area contributed by atoms with Crippen LogP contribution in [0, 0.1) is 0 Å². The van der Waals surface area contributed by atoms with Crippen LogP contribution in [0.5, 0.6) is 0 Å². The molecule has 0 saturated carbocycles. The second-order valence-corrected chi connectivity index (χ2v) is 3.74. The molecule has 5 nitrogen and oxygen atoms in total. The molecular weight excluding hydrogens is 206 g/mol. The van der Waals surface area contributed by atoms with E-state index in [-0.39, 0.29) is 0 Å². The maximum absolute atomic E-state index is 5.48. The molecule has 0 aliphatic heterocycles. The molecule has 0 aliphatic rings. The number of rotatable bonds is 8. The summed E-state index contributed by atoms with van der Waals surface area (Å²) in [7, 11) is 5.53. The van der Waals surface area contributed by atoms with E-state index in [2.05, 4.69) is 10.4 Å². The molecule has 1 heterocycles. The number of ether oxygens (including phenoxy) is 2. The summed E-state index contributed by atoms with van der Waals surface area (Å²) in [6, 6.07) is 2.33. The predicted molar refractivity (Wildman–Crippen MR) is 62.5 cm³/mol. The van der Waals surface area contributed by atoms with Crippen LogP contribution in [0.4, 0.5) is 0 Å². The van der Waals surface area contributed by atoms with Crippen LogP contribution >= 0.6 is 0 Å². The van der Waals surface area contributed by atoms with Crippen LogP contribution in [0.3, 0.4) is 0 Å². The van der Waals surface area contributed by atoms with Gasteiger partial charge in [-0.15, -0.1) is 0 Å². The van der Waals surface area contributed by atoms with Crippen LogP contribution in [0.25, 0.3) is 0 Å². The fourth-order valence-electron chi connectivity index (χ4n) is 1.44. The Kier molecular flexibility index (Phi) is 6.07. The zero-order chi connectivity index (χ0) is 11.8. The second-order valence-electron chi connectivity index (χ2n) is 3.74. The number of methoxy groups -OCH3 is 1. The Hall–Kier alpha value is -0.910. The molecule has 0 saturated heterocycles. The van der Waals surface area contributed by atoms with Crippen LogP contribution in [-0.4, -0.2) is 49.8 Å². The van der Waals surface area contributed by atoms with E-state index < -0.39 is 0 Å². The number of likely N-dealkylation sites (N-methyl/N-ethyl adjacent to an activating group) is 1. The van der Waals surface area contributed by atoms with E-state index in [4.69, 9.17) is 9.47 Å². The van der Waals surface area contributed by atoms with Gasteiger partial charge >= 0.3 is 0 Å². The monoisotopic (exact) mass is 227 g/mol. The average molecular weight is 227 g/mol. The molecule has 1 aromatic rings. The first-order valence-electron chi connectivity index (χ1n) is 5.48. The van der Waals surface area contributed by atoms with E-state index in [1.165, 1.54) is 0 Å². The van der Waals surface area contributed by atoms with Gasteiger partial charge < -0.3 is 14.8 Å². The summed E-state index contributed by atoms with van der Waals surface area (Å²) in [6.45, 7) is 1.95. The molecule has 0 amide bonds. The third-order valence-corrected chi connectivity index (χ3v) is 2.38. The Morgan fingerprint density at radius 2 is 2.31 bits per heavy atom. The van der Waals surface area contributed by atoms with Crippen molar-refractivity contribution in [1.29, 1.82) is 0 Å². The summed E-state index contributed by atoms with van der Waals surface area (Å²) < 4.78 is 12.2. The summed E-state index contributed by atoms with van der Waals surface area (Å²) in [4.78, 5) is 0. The summed E-state index contributed by atoms with van der Waals surface area (Å²) in [5.74, 6) is 0. The first-order valence-corrected chi connectivity index (χ1v) is 5.48. The van der Waals surface area contributed by atoms with E-state index in [9.17, 15) is 0 Å². The molecule has 0 radical (unpaired) electrons. The Balaban J connectivity index is 2.26. The zero-order valence-corrected chi connectivity index (χ0v) is 10.3. The summed E-state index contributed by atoms with van der Waals surface area (Å²) in [5, 5.41) is 7.56. The molecule has 0 fully saturated rings. The minimum absolute atomic E-state index is 0.298. The lowest BCUT2D eigenvalue weighted by Crippen LogP contribution is -2.33. The van der Waals surface area contributed by atoms with Gasteiger partial charge in [0.15, 0.2) is 0 Å². The summed E-state index contributed by atoms with van der Waals surface area (Å²) in [6.07, 6.45) is 2.83. The van der Waals surface area contributed by atoms with Crippen LogP contribution in [-0.2, 0) is 22.9 Å². The zero-order valence-electron chi connectivity index (χ0n) is 10.3. The first-order chi connectivity index (χ1) is 7.76. The van der Waals surface area contributed by atoms with Crippen LogP contribution in [0.1, 0.15) is 5.69 Å². The molecule has 0 aliphatic carbocycles. The van der Waals surface area contributed by atoms with Gasteiger partial charge in [-0.3, -0.25) is 4.68 Å². The van der Waals surface area contributed by atoms with Crippen LogP contribution in [0.2, 0.25) is 0 Å². The number of nitrogens with one attached hydrogen (secondary N) is 1. The summed E-state index contributed by atoms with van der Waals surface area (Å²) in [5.41, 5.74) is 1.08. The number of aryl methyl sites for hydroxylation is 1. The quantitative estimate of drug-likeness (QED) is 0.645. The molecule has 0 spiro atoms. The molecule has 16 heavy (non-hydrogen) atoms. The summed E-state index contributed by atoms with van der Waals surface area (Å²) >= 11 is 0. The Morgan fingerprint density at radius 1 is 1.50 bits per heavy atom. The fraction of sp³-hybridized carbons (Fsp3) is 0.727. The van der Waals surface area contributed by atoms with Gasteiger partial charge in [0.05, 0.1) is 25.5 Å². The molecule has 5 heteroatoms. The number of aromatic nitrogens is 2.